The first-order chi connectivity index (χ1) is 12.5. The van der Waals surface area contributed by atoms with Crippen molar-refractivity contribution < 1.29 is 9.90 Å². The largest absolute Gasteiger partial charge is 0.391 e. The van der Waals surface area contributed by atoms with Gasteiger partial charge in [0.25, 0.3) is 0 Å². The molecule has 5 nitrogen and oxygen atoms in total. The summed E-state index contributed by atoms with van der Waals surface area (Å²) >= 11 is 6.43. The lowest BCUT2D eigenvalue weighted by molar-refractivity contribution is -0.124. The molecule has 0 bridgehead atoms. The third-order valence-corrected chi connectivity index (χ3v) is 4.92. The summed E-state index contributed by atoms with van der Waals surface area (Å²) in [6, 6.07) is 14.6. The van der Waals surface area contributed by atoms with Gasteiger partial charge in [-0.05, 0) is 30.2 Å². The molecular weight excluding hydrogens is 350 g/mol. The number of carbonyl (C=O) groups excluding carboxylic acids is 1. The van der Waals surface area contributed by atoms with Gasteiger partial charge < -0.3 is 21.1 Å². The van der Waals surface area contributed by atoms with Gasteiger partial charge in [0.15, 0.2) is 0 Å². The number of nitrogens with two attached hydrogens (primary N) is 1. The molecule has 136 valence electrons. The lowest BCUT2D eigenvalue weighted by Crippen LogP contribution is -2.48. The number of aromatic amines is 1. The minimum absolute atomic E-state index is 0.148. The summed E-state index contributed by atoms with van der Waals surface area (Å²) in [5.41, 5.74) is 8.71. The Kier molecular flexibility index (Phi) is 5.61. The van der Waals surface area contributed by atoms with Crippen LogP contribution in [-0.2, 0) is 4.79 Å². The standard InChI is InChI=1S/C20H22ClN3O2/c1-12(25)19(22)20(26)24-11-15(13-6-2-4-8-17(13)21)16-10-23-18-9-5-3-7-14(16)18/h2-10,12,15,19,23,25H,11,22H2,1H3,(H,24,26)/t12-,15?,19+/m1/s1. The van der Waals surface area contributed by atoms with Crippen molar-refractivity contribution in [1.82, 2.24) is 10.3 Å². The van der Waals surface area contributed by atoms with Crippen molar-refractivity contribution in [1.29, 1.82) is 0 Å². The number of H-pyrrole nitrogens is 1. The fourth-order valence-corrected chi connectivity index (χ4v) is 3.33. The average molecular weight is 372 g/mol. The van der Waals surface area contributed by atoms with E-state index in [1.165, 1.54) is 6.92 Å². The highest BCUT2D eigenvalue weighted by Gasteiger charge is 2.24. The molecule has 1 unspecified atom stereocenters. The molecule has 6 heteroatoms. The van der Waals surface area contributed by atoms with Crippen LogP contribution in [0.25, 0.3) is 10.9 Å². The molecule has 0 aliphatic heterocycles. The maximum absolute atomic E-state index is 12.2. The highest BCUT2D eigenvalue weighted by molar-refractivity contribution is 6.31. The van der Waals surface area contributed by atoms with Gasteiger partial charge in [-0.1, -0.05) is 48.0 Å². The lowest BCUT2D eigenvalue weighted by atomic mass is 9.90. The fraction of sp³-hybridized carbons (Fsp3) is 0.250. The molecule has 1 amide bonds. The van der Waals surface area contributed by atoms with E-state index in [2.05, 4.69) is 10.3 Å². The van der Waals surface area contributed by atoms with Crippen LogP contribution in [0.5, 0.6) is 0 Å². The maximum Gasteiger partial charge on any atom is 0.239 e. The second-order valence-electron chi connectivity index (χ2n) is 6.38. The van der Waals surface area contributed by atoms with Gasteiger partial charge in [-0.25, -0.2) is 0 Å². The number of aliphatic hydroxyl groups is 1. The number of hydrogen-bond donors (Lipinski definition) is 4. The van der Waals surface area contributed by atoms with Crippen LogP contribution < -0.4 is 11.1 Å². The highest BCUT2D eigenvalue weighted by Crippen LogP contribution is 2.34. The Labute approximate surface area is 157 Å². The van der Waals surface area contributed by atoms with Gasteiger partial charge in [-0.3, -0.25) is 4.79 Å². The summed E-state index contributed by atoms with van der Waals surface area (Å²) < 4.78 is 0. The molecule has 3 aromatic rings. The number of nitrogens with one attached hydrogen (secondary N) is 2. The third kappa shape index (κ3) is 3.75. The van der Waals surface area contributed by atoms with Crippen LogP contribution in [0.2, 0.25) is 5.02 Å². The van der Waals surface area contributed by atoms with Crippen molar-refractivity contribution in [2.45, 2.75) is 25.0 Å². The van der Waals surface area contributed by atoms with Gasteiger partial charge >= 0.3 is 0 Å². The summed E-state index contributed by atoms with van der Waals surface area (Å²) in [7, 11) is 0. The molecule has 0 fully saturated rings. The third-order valence-electron chi connectivity index (χ3n) is 4.58. The number of hydrogen-bond acceptors (Lipinski definition) is 3. The maximum atomic E-state index is 12.2. The van der Waals surface area contributed by atoms with E-state index < -0.39 is 18.1 Å². The molecule has 0 radical (unpaired) electrons. The summed E-state index contributed by atoms with van der Waals surface area (Å²) in [6.07, 6.45) is 1.03. The molecule has 3 rings (SSSR count). The second kappa shape index (κ2) is 7.91. The van der Waals surface area contributed by atoms with Crippen LogP contribution in [0.4, 0.5) is 0 Å². The second-order valence-corrected chi connectivity index (χ2v) is 6.78. The molecule has 3 atom stereocenters. The molecule has 5 N–H and O–H groups in total. The van der Waals surface area contributed by atoms with Gasteiger partial charge in [-0.2, -0.15) is 0 Å². The van der Waals surface area contributed by atoms with Crippen molar-refractivity contribution >= 4 is 28.4 Å². The van der Waals surface area contributed by atoms with Crippen molar-refractivity contribution in [3.05, 3.63) is 70.9 Å². The first-order valence-electron chi connectivity index (χ1n) is 8.51. The molecular formula is C20H22ClN3O2. The summed E-state index contributed by atoms with van der Waals surface area (Å²) in [4.78, 5) is 15.5. The van der Waals surface area contributed by atoms with Gasteiger partial charge in [0.2, 0.25) is 5.91 Å². The van der Waals surface area contributed by atoms with Gasteiger partial charge in [0, 0.05) is 34.6 Å². The topological polar surface area (TPSA) is 91.1 Å². The Morgan fingerprint density at radius 1 is 1.19 bits per heavy atom. The van der Waals surface area contributed by atoms with E-state index in [0.29, 0.717) is 11.6 Å². The Balaban J connectivity index is 1.95. The number of carbonyl (C=O) groups is 1. The van der Waals surface area contributed by atoms with Gasteiger partial charge in [-0.15, -0.1) is 0 Å². The SMILES string of the molecule is C[C@@H](O)[C@H](N)C(=O)NCC(c1ccccc1Cl)c1c[nH]c2ccccc12. The first kappa shape index (κ1) is 18.5. The van der Waals surface area contributed by atoms with E-state index in [9.17, 15) is 9.90 Å². The summed E-state index contributed by atoms with van der Waals surface area (Å²) in [5, 5.41) is 14.1. The predicted molar refractivity (Wildman–Crippen MR) is 104 cm³/mol. The van der Waals surface area contributed by atoms with Crippen LogP contribution in [0, 0.1) is 0 Å². The van der Waals surface area contributed by atoms with Gasteiger partial charge in [0.05, 0.1) is 6.10 Å². The molecule has 26 heavy (non-hydrogen) atoms. The minimum Gasteiger partial charge on any atom is -0.391 e. The Bertz CT molecular complexity index is 907. The number of benzene rings is 2. The van der Waals surface area contributed by atoms with Crippen molar-refractivity contribution in [2.24, 2.45) is 5.73 Å². The Hall–Kier alpha value is -2.34. The van der Waals surface area contributed by atoms with Crippen molar-refractivity contribution in [3.8, 4) is 0 Å². The summed E-state index contributed by atoms with van der Waals surface area (Å²) in [6.45, 7) is 1.82. The van der Waals surface area contributed by atoms with E-state index >= 15 is 0 Å². The number of para-hydroxylation sites is 1. The number of aromatic nitrogens is 1. The van der Waals surface area contributed by atoms with Crippen LogP contribution in [0.1, 0.15) is 24.0 Å². The molecule has 0 saturated heterocycles. The monoisotopic (exact) mass is 371 g/mol. The van der Waals surface area contributed by atoms with Crippen LogP contribution in [-0.4, -0.2) is 34.7 Å². The number of amides is 1. The average Bonchev–Trinajstić information content (AvgIpc) is 3.06. The molecule has 0 aliphatic carbocycles. The highest BCUT2D eigenvalue weighted by atomic mass is 35.5. The number of halogens is 1. The van der Waals surface area contributed by atoms with E-state index in [1.54, 1.807) is 0 Å². The fourth-order valence-electron chi connectivity index (χ4n) is 3.07. The minimum atomic E-state index is -0.968. The molecule has 0 aliphatic rings. The predicted octanol–water partition coefficient (Wildman–Crippen LogP) is 2.78. The quantitative estimate of drug-likeness (QED) is 0.537. The van der Waals surface area contributed by atoms with E-state index in [-0.39, 0.29) is 5.92 Å². The zero-order valence-corrected chi connectivity index (χ0v) is 15.2. The smallest absolute Gasteiger partial charge is 0.239 e. The van der Waals surface area contributed by atoms with Crippen molar-refractivity contribution in [3.63, 3.8) is 0 Å². The molecule has 0 spiro atoms. The first-order valence-corrected chi connectivity index (χ1v) is 8.88. The molecule has 1 heterocycles. The summed E-state index contributed by atoms with van der Waals surface area (Å²) in [5.74, 6) is -0.540. The zero-order valence-electron chi connectivity index (χ0n) is 14.4. The Morgan fingerprint density at radius 3 is 2.62 bits per heavy atom. The van der Waals surface area contributed by atoms with Crippen molar-refractivity contribution in [2.75, 3.05) is 6.54 Å². The number of rotatable bonds is 6. The zero-order chi connectivity index (χ0) is 18.7. The normalized spacial score (nSPS) is 14.8. The van der Waals surface area contributed by atoms with E-state index in [0.717, 1.165) is 22.0 Å². The molecule has 0 saturated carbocycles. The van der Waals surface area contributed by atoms with E-state index in [4.69, 9.17) is 17.3 Å². The number of aliphatic hydroxyl groups excluding tert-OH is 1. The van der Waals surface area contributed by atoms with Crippen LogP contribution >= 0.6 is 11.6 Å². The van der Waals surface area contributed by atoms with E-state index in [1.807, 2.05) is 54.7 Å². The Morgan fingerprint density at radius 2 is 1.88 bits per heavy atom. The molecule has 2 aromatic carbocycles. The van der Waals surface area contributed by atoms with Gasteiger partial charge in [0.1, 0.15) is 6.04 Å². The molecule has 1 aromatic heterocycles. The van der Waals surface area contributed by atoms with Crippen LogP contribution in [0.3, 0.4) is 0 Å². The number of fused-ring (bicyclic) bond motifs is 1. The van der Waals surface area contributed by atoms with Crippen LogP contribution in [0.15, 0.2) is 54.7 Å². The lowest BCUT2D eigenvalue weighted by Gasteiger charge is -2.21.